The number of hydrogen-bond acceptors (Lipinski definition) is 5. The number of amides is 1. The molecule has 3 aromatic carbocycles. The van der Waals surface area contributed by atoms with E-state index < -0.39 is 0 Å². The highest BCUT2D eigenvalue weighted by atomic mass is 35.5. The summed E-state index contributed by atoms with van der Waals surface area (Å²) in [6.07, 6.45) is -0.180. The van der Waals surface area contributed by atoms with Crippen molar-refractivity contribution in [3.05, 3.63) is 105 Å². The van der Waals surface area contributed by atoms with Gasteiger partial charge in [-0.25, -0.2) is 4.79 Å². The fourth-order valence-electron chi connectivity index (χ4n) is 4.13. The quantitative estimate of drug-likeness (QED) is 0.363. The van der Waals surface area contributed by atoms with Gasteiger partial charge in [-0.3, -0.25) is 9.69 Å². The summed E-state index contributed by atoms with van der Waals surface area (Å²) >= 11 is 12.1. The van der Waals surface area contributed by atoms with Crippen molar-refractivity contribution in [1.29, 1.82) is 0 Å². The number of nitrogens with zero attached hydrogens (tertiary/aromatic N) is 2. The van der Waals surface area contributed by atoms with Crippen LogP contribution in [0.4, 0.5) is 0 Å². The van der Waals surface area contributed by atoms with Gasteiger partial charge in [0.15, 0.2) is 0 Å². The normalized spacial score (nSPS) is 14.9. The van der Waals surface area contributed by atoms with Gasteiger partial charge in [0.2, 0.25) is 0 Å². The Hall–Kier alpha value is -2.90. The number of carbonyl (C=O) groups excluding carboxylic acids is 2. The predicted molar refractivity (Wildman–Crippen MR) is 141 cm³/mol. The van der Waals surface area contributed by atoms with E-state index in [0.29, 0.717) is 47.4 Å². The lowest BCUT2D eigenvalue weighted by Gasteiger charge is -2.36. The topological polar surface area (TPSA) is 59.1 Å². The number of hydrogen-bond donors (Lipinski definition) is 0. The minimum atomic E-state index is -0.366. The van der Waals surface area contributed by atoms with Gasteiger partial charge in [-0.15, -0.1) is 0 Å². The molecular formula is C28H28Cl2N2O4. The van der Waals surface area contributed by atoms with Gasteiger partial charge in [0.05, 0.1) is 25.4 Å². The van der Waals surface area contributed by atoms with Crippen LogP contribution in [0.5, 0.6) is 0 Å². The van der Waals surface area contributed by atoms with Crippen LogP contribution in [0.25, 0.3) is 0 Å². The molecule has 1 fully saturated rings. The third kappa shape index (κ3) is 6.86. The maximum Gasteiger partial charge on any atom is 0.337 e. The Morgan fingerprint density at radius 1 is 0.806 bits per heavy atom. The highest BCUT2D eigenvalue weighted by Crippen LogP contribution is 2.24. The molecule has 0 spiro atoms. The summed E-state index contributed by atoms with van der Waals surface area (Å²) < 4.78 is 11.1. The second-order valence-electron chi connectivity index (χ2n) is 8.64. The van der Waals surface area contributed by atoms with E-state index in [4.69, 9.17) is 32.7 Å². The Morgan fingerprint density at radius 2 is 1.36 bits per heavy atom. The number of esters is 1. The summed E-state index contributed by atoms with van der Waals surface area (Å²) in [5.41, 5.74) is 3.14. The highest BCUT2D eigenvalue weighted by molar-refractivity contribution is 6.30. The molecule has 6 nitrogen and oxygen atoms in total. The molecule has 1 amide bonds. The molecule has 0 radical (unpaired) electrons. The molecular weight excluding hydrogens is 499 g/mol. The Morgan fingerprint density at radius 3 is 1.94 bits per heavy atom. The maximum absolute atomic E-state index is 12.8. The molecule has 0 aromatic heterocycles. The van der Waals surface area contributed by atoms with Gasteiger partial charge >= 0.3 is 5.97 Å². The Labute approximate surface area is 221 Å². The van der Waals surface area contributed by atoms with Crippen LogP contribution in [0.15, 0.2) is 72.8 Å². The largest absolute Gasteiger partial charge is 0.465 e. The second kappa shape index (κ2) is 12.4. The summed E-state index contributed by atoms with van der Waals surface area (Å²) in [6.45, 7) is 3.86. The lowest BCUT2D eigenvalue weighted by atomic mass is 10.1. The molecule has 1 aliphatic rings. The number of rotatable bonds is 8. The molecule has 3 aromatic rings. The third-order valence-electron chi connectivity index (χ3n) is 6.24. The number of benzene rings is 3. The first-order chi connectivity index (χ1) is 17.4. The Kier molecular flexibility index (Phi) is 8.99. The van der Waals surface area contributed by atoms with Crippen molar-refractivity contribution in [2.45, 2.75) is 12.7 Å². The van der Waals surface area contributed by atoms with Gasteiger partial charge in [-0.2, -0.15) is 0 Å². The number of methoxy groups -OCH3 is 1. The summed E-state index contributed by atoms with van der Waals surface area (Å²) in [7, 11) is 1.36. The predicted octanol–water partition coefficient (Wildman–Crippen LogP) is 5.50. The fourth-order valence-corrected chi connectivity index (χ4v) is 4.38. The molecule has 0 aliphatic carbocycles. The van der Waals surface area contributed by atoms with E-state index in [9.17, 15) is 9.59 Å². The summed E-state index contributed by atoms with van der Waals surface area (Å²) in [4.78, 5) is 28.7. The van der Waals surface area contributed by atoms with Crippen LogP contribution in [-0.4, -0.2) is 61.5 Å². The molecule has 4 rings (SSSR count). The van der Waals surface area contributed by atoms with Crippen molar-refractivity contribution in [3.63, 3.8) is 0 Å². The van der Waals surface area contributed by atoms with Crippen LogP contribution in [0.2, 0.25) is 10.0 Å². The van der Waals surface area contributed by atoms with Crippen molar-refractivity contribution >= 4 is 35.1 Å². The van der Waals surface area contributed by atoms with Crippen molar-refractivity contribution < 1.29 is 19.1 Å². The molecule has 188 valence electrons. The monoisotopic (exact) mass is 526 g/mol. The molecule has 0 saturated carbocycles. The van der Waals surface area contributed by atoms with E-state index in [1.54, 1.807) is 36.4 Å². The molecule has 1 aliphatic heterocycles. The van der Waals surface area contributed by atoms with E-state index in [0.717, 1.165) is 24.2 Å². The maximum atomic E-state index is 12.8. The molecule has 1 atom stereocenters. The van der Waals surface area contributed by atoms with Crippen LogP contribution in [0, 0.1) is 0 Å². The number of halogens is 2. The van der Waals surface area contributed by atoms with Gasteiger partial charge < -0.3 is 14.4 Å². The van der Waals surface area contributed by atoms with Crippen molar-refractivity contribution in [2.24, 2.45) is 0 Å². The Balaban J connectivity index is 1.37. The van der Waals surface area contributed by atoms with E-state index >= 15 is 0 Å². The van der Waals surface area contributed by atoms with Crippen molar-refractivity contribution in [2.75, 3.05) is 39.8 Å². The van der Waals surface area contributed by atoms with Crippen LogP contribution < -0.4 is 0 Å². The molecule has 1 heterocycles. The second-order valence-corrected chi connectivity index (χ2v) is 9.51. The van der Waals surface area contributed by atoms with E-state index in [1.165, 1.54) is 7.11 Å². The zero-order valence-corrected chi connectivity index (χ0v) is 21.5. The van der Waals surface area contributed by atoms with Crippen molar-refractivity contribution in [3.8, 4) is 0 Å². The van der Waals surface area contributed by atoms with Gasteiger partial charge in [-0.05, 0) is 59.7 Å². The third-order valence-corrected chi connectivity index (χ3v) is 6.75. The number of ether oxygens (including phenoxy) is 2. The zero-order valence-electron chi connectivity index (χ0n) is 20.0. The van der Waals surface area contributed by atoms with Gasteiger partial charge in [0.1, 0.15) is 0 Å². The summed E-state index contributed by atoms with van der Waals surface area (Å²) in [5.74, 6) is -0.345. The number of carbonyl (C=O) groups is 2. The van der Waals surface area contributed by atoms with Gasteiger partial charge in [0.25, 0.3) is 5.91 Å². The SMILES string of the molecule is COC(=O)c1ccc(CO[C@@H](CN2CCN(C(=O)c3ccc(Cl)cc3)CC2)c2ccc(Cl)cc2)cc1. The lowest BCUT2D eigenvalue weighted by Crippen LogP contribution is -2.49. The molecule has 0 bridgehead atoms. The Bertz CT molecular complexity index is 1160. The first kappa shape index (κ1) is 26.2. The molecule has 0 unspecified atom stereocenters. The molecule has 0 N–H and O–H groups in total. The fraction of sp³-hybridized carbons (Fsp3) is 0.286. The first-order valence-electron chi connectivity index (χ1n) is 11.7. The van der Waals surface area contributed by atoms with Crippen LogP contribution in [0.1, 0.15) is 37.9 Å². The standard InChI is InChI=1S/C28H28Cl2N2O4/c1-35-28(34)23-4-2-20(3-5-23)19-36-26(21-6-10-24(29)11-7-21)18-31-14-16-32(17-15-31)27(33)22-8-12-25(30)13-9-22/h2-13,26H,14-19H2,1H3/t26-/m0/s1. The van der Waals surface area contributed by atoms with Crippen LogP contribution >= 0.6 is 23.2 Å². The zero-order chi connectivity index (χ0) is 25.5. The van der Waals surface area contributed by atoms with Crippen molar-refractivity contribution in [1.82, 2.24) is 9.80 Å². The van der Waals surface area contributed by atoms with Gasteiger partial charge in [0, 0.05) is 48.3 Å². The minimum Gasteiger partial charge on any atom is -0.465 e. The molecule has 36 heavy (non-hydrogen) atoms. The number of piperazine rings is 1. The average molecular weight is 527 g/mol. The lowest BCUT2D eigenvalue weighted by molar-refractivity contribution is 0.00341. The van der Waals surface area contributed by atoms with Crippen LogP contribution in [-0.2, 0) is 16.1 Å². The summed E-state index contributed by atoms with van der Waals surface area (Å²) in [5, 5.41) is 1.29. The summed E-state index contributed by atoms with van der Waals surface area (Å²) in [6, 6.07) is 21.9. The molecule has 1 saturated heterocycles. The highest BCUT2D eigenvalue weighted by Gasteiger charge is 2.25. The molecule has 8 heteroatoms. The van der Waals surface area contributed by atoms with E-state index in [2.05, 4.69) is 4.90 Å². The average Bonchev–Trinajstić information content (AvgIpc) is 2.92. The van der Waals surface area contributed by atoms with E-state index in [-0.39, 0.29) is 18.0 Å². The van der Waals surface area contributed by atoms with E-state index in [1.807, 2.05) is 41.3 Å². The smallest absolute Gasteiger partial charge is 0.337 e. The first-order valence-corrected chi connectivity index (χ1v) is 12.5. The minimum absolute atomic E-state index is 0.0206. The van der Waals surface area contributed by atoms with Gasteiger partial charge in [-0.1, -0.05) is 47.5 Å². The van der Waals surface area contributed by atoms with Crippen LogP contribution in [0.3, 0.4) is 0 Å².